The summed E-state index contributed by atoms with van der Waals surface area (Å²) in [6, 6.07) is 3.71. The number of β-amino-alcohol motifs (C(OH)–C–C–N with tert-alkyl or cyclic N) is 1. The number of carbonyl (C=O) groups excluding carboxylic acids is 1. The van der Waals surface area contributed by atoms with Crippen molar-refractivity contribution in [2.24, 2.45) is 0 Å². The van der Waals surface area contributed by atoms with Crippen molar-refractivity contribution in [1.29, 1.82) is 0 Å². The Balaban J connectivity index is 1.66. The van der Waals surface area contributed by atoms with Crippen molar-refractivity contribution in [3.8, 4) is 0 Å². The van der Waals surface area contributed by atoms with Crippen molar-refractivity contribution < 1.29 is 9.90 Å². The van der Waals surface area contributed by atoms with Crippen molar-refractivity contribution >= 4 is 11.6 Å². The fourth-order valence-corrected chi connectivity index (χ4v) is 2.41. The number of nitrogens with one attached hydrogen (secondary N) is 1. The van der Waals surface area contributed by atoms with Crippen LogP contribution in [0.4, 0.5) is 5.69 Å². The van der Waals surface area contributed by atoms with E-state index in [9.17, 15) is 9.90 Å². The molecule has 0 saturated carbocycles. The number of piperazine rings is 1. The van der Waals surface area contributed by atoms with Crippen LogP contribution in [0.3, 0.4) is 0 Å². The fraction of sp³-hybridized carbons (Fsp3) is 0.538. The maximum atomic E-state index is 12.0. The Labute approximate surface area is 112 Å². The van der Waals surface area contributed by atoms with Gasteiger partial charge in [0, 0.05) is 39.3 Å². The van der Waals surface area contributed by atoms with E-state index in [-0.39, 0.29) is 12.0 Å². The first kappa shape index (κ1) is 12.4. The highest BCUT2D eigenvalue weighted by molar-refractivity contribution is 5.93. The molecule has 6 nitrogen and oxygen atoms in total. The van der Waals surface area contributed by atoms with Gasteiger partial charge in [-0.2, -0.15) is 0 Å². The zero-order chi connectivity index (χ0) is 13.2. The molecular weight excluding hydrogens is 244 g/mol. The summed E-state index contributed by atoms with van der Waals surface area (Å²) >= 11 is 0. The summed E-state index contributed by atoms with van der Waals surface area (Å²) in [6.07, 6.45) is 1.39. The van der Waals surface area contributed by atoms with Gasteiger partial charge in [-0.3, -0.25) is 4.79 Å². The maximum Gasteiger partial charge on any atom is 0.272 e. The maximum absolute atomic E-state index is 12.0. The second-order valence-corrected chi connectivity index (χ2v) is 5.00. The Kier molecular flexibility index (Phi) is 3.35. The Morgan fingerprint density at radius 3 is 2.63 bits per heavy atom. The van der Waals surface area contributed by atoms with E-state index >= 15 is 0 Å². The molecule has 2 N–H and O–H groups in total. The van der Waals surface area contributed by atoms with E-state index in [0.29, 0.717) is 18.8 Å². The molecule has 1 amide bonds. The van der Waals surface area contributed by atoms with Crippen LogP contribution in [0.5, 0.6) is 0 Å². The molecule has 1 aromatic heterocycles. The number of carbonyl (C=O) groups is 1. The summed E-state index contributed by atoms with van der Waals surface area (Å²) in [7, 11) is 0. The zero-order valence-electron chi connectivity index (χ0n) is 10.7. The van der Waals surface area contributed by atoms with E-state index in [1.54, 1.807) is 17.2 Å². The first-order valence-corrected chi connectivity index (χ1v) is 6.63. The van der Waals surface area contributed by atoms with Gasteiger partial charge in [-0.1, -0.05) is 0 Å². The SMILES string of the molecule is O=C(c1ccc(N2CCNCC2)cn1)N1CC(O)C1. The van der Waals surface area contributed by atoms with E-state index in [0.717, 1.165) is 31.9 Å². The van der Waals surface area contributed by atoms with Crippen LogP contribution < -0.4 is 10.2 Å². The van der Waals surface area contributed by atoms with E-state index in [2.05, 4.69) is 15.2 Å². The lowest BCUT2D eigenvalue weighted by Gasteiger charge is -2.35. The number of aliphatic hydroxyl groups is 1. The van der Waals surface area contributed by atoms with Gasteiger partial charge in [0.25, 0.3) is 5.91 Å². The molecule has 0 unspecified atom stereocenters. The van der Waals surface area contributed by atoms with Crippen LogP contribution >= 0.6 is 0 Å². The Morgan fingerprint density at radius 1 is 1.32 bits per heavy atom. The molecule has 0 atom stereocenters. The quantitative estimate of drug-likeness (QED) is 0.738. The second kappa shape index (κ2) is 5.14. The number of likely N-dealkylation sites (tertiary alicyclic amines) is 1. The Morgan fingerprint density at radius 2 is 2.05 bits per heavy atom. The molecule has 2 saturated heterocycles. The number of amides is 1. The van der Waals surface area contributed by atoms with E-state index in [1.165, 1.54) is 0 Å². The number of aromatic nitrogens is 1. The topological polar surface area (TPSA) is 68.7 Å². The number of pyridine rings is 1. The van der Waals surface area contributed by atoms with Gasteiger partial charge in [-0.25, -0.2) is 4.98 Å². The van der Waals surface area contributed by atoms with Crippen molar-refractivity contribution in [1.82, 2.24) is 15.2 Å². The Bertz CT molecular complexity index is 450. The summed E-state index contributed by atoms with van der Waals surface area (Å²) < 4.78 is 0. The summed E-state index contributed by atoms with van der Waals surface area (Å²) in [4.78, 5) is 20.1. The molecule has 6 heteroatoms. The lowest BCUT2D eigenvalue weighted by atomic mass is 10.1. The highest BCUT2D eigenvalue weighted by Crippen LogP contribution is 2.16. The molecule has 102 valence electrons. The Hall–Kier alpha value is -1.66. The highest BCUT2D eigenvalue weighted by Gasteiger charge is 2.30. The first-order valence-electron chi connectivity index (χ1n) is 6.63. The molecule has 3 rings (SSSR count). The molecular formula is C13H18N4O2. The minimum Gasteiger partial charge on any atom is -0.389 e. The third kappa shape index (κ3) is 2.54. The summed E-state index contributed by atoms with van der Waals surface area (Å²) in [5, 5.41) is 12.5. The van der Waals surface area contributed by atoms with Crippen molar-refractivity contribution in [2.75, 3.05) is 44.2 Å². The fourth-order valence-electron chi connectivity index (χ4n) is 2.41. The van der Waals surface area contributed by atoms with Crippen LogP contribution in [0.1, 0.15) is 10.5 Å². The van der Waals surface area contributed by atoms with Gasteiger partial charge in [0.15, 0.2) is 0 Å². The number of hydrogen-bond donors (Lipinski definition) is 2. The van der Waals surface area contributed by atoms with Crippen LogP contribution in [-0.2, 0) is 0 Å². The largest absolute Gasteiger partial charge is 0.389 e. The van der Waals surface area contributed by atoms with Crippen molar-refractivity contribution in [2.45, 2.75) is 6.10 Å². The number of aliphatic hydroxyl groups excluding tert-OH is 1. The van der Waals surface area contributed by atoms with Crippen molar-refractivity contribution in [3.05, 3.63) is 24.0 Å². The third-order valence-electron chi connectivity index (χ3n) is 3.60. The smallest absolute Gasteiger partial charge is 0.272 e. The summed E-state index contributed by atoms with van der Waals surface area (Å²) in [5.41, 5.74) is 1.51. The third-order valence-corrected chi connectivity index (χ3v) is 3.60. The van der Waals surface area contributed by atoms with Gasteiger partial charge in [0.2, 0.25) is 0 Å². The van der Waals surface area contributed by atoms with Crippen molar-refractivity contribution in [3.63, 3.8) is 0 Å². The molecule has 0 radical (unpaired) electrons. The van der Waals surface area contributed by atoms with Gasteiger partial charge >= 0.3 is 0 Å². The van der Waals surface area contributed by atoms with Crippen LogP contribution in [-0.4, -0.2) is 66.3 Å². The molecule has 0 aromatic carbocycles. The van der Waals surface area contributed by atoms with Crippen LogP contribution in [0.15, 0.2) is 18.3 Å². The standard InChI is InChI=1S/C13H18N4O2/c18-11-8-17(9-11)13(19)12-2-1-10(7-15-12)16-5-3-14-4-6-16/h1-2,7,11,14,18H,3-6,8-9H2. The molecule has 0 aliphatic carbocycles. The molecule has 0 bridgehead atoms. The number of anilines is 1. The molecule has 1 aromatic rings. The van der Waals surface area contributed by atoms with Crippen LogP contribution in [0.25, 0.3) is 0 Å². The number of rotatable bonds is 2. The predicted molar refractivity (Wildman–Crippen MR) is 71.2 cm³/mol. The van der Waals surface area contributed by atoms with Crippen LogP contribution in [0, 0.1) is 0 Å². The predicted octanol–water partition coefficient (Wildman–Crippen LogP) is -0.692. The molecule has 2 aliphatic heterocycles. The second-order valence-electron chi connectivity index (χ2n) is 5.00. The molecule has 3 heterocycles. The normalized spacial score (nSPS) is 20.3. The number of nitrogens with zero attached hydrogens (tertiary/aromatic N) is 3. The molecule has 0 spiro atoms. The summed E-state index contributed by atoms with van der Waals surface area (Å²) in [6.45, 7) is 4.72. The van der Waals surface area contributed by atoms with Gasteiger partial charge in [-0.05, 0) is 12.1 Å². The average Bonchev–Trinajstić information content (AvgIpc) is 2.44. The van der Waals surface area contributed by atoms with E-state index in [1.807, 2.05) is 6.07 Å². The van der Waals surface area contributed by atoms with Gasteiger partial charge in [-0.15, -0.1) is 0 Å². The summed E-state index contributed by atoms with van der Waals surface area (Å²) in [5.74, 6) is -0.0999. The van der Waals surface area contributed by atoms with Crippen LogP contribution in [0.2, 0.25) is 0 Å². The van der Waals surface area contributed by atoms with E-state index in [4.69, 9.17) is 0 Å². The monoisotopic (exact) mass is 262 g/mol. The molecule has 2 fully saturated rings. The lowest BCUT2D eigenvalue weighted by molar-refractivity contribution is 0.00550. The van der Waals surface area contributed by atoms with Gasteiger partial charge < -0.3 is 20.2 Å². The lowest BCUT2D eigenvalue weighted by Crippen LogP contribution is -2.53. The molecule has 2 aliphatic rings. The average molecular weight is 262 g/mol. The minimum absolute atomic E-state index is 0.0999. The first-order chi connectivity index (χ1) is 9.24. The minimum atomic E-state index is -0.371. The van der Waals surface area contributed by atoms with E-state index < -0.39 is 0 Å². The molecule has 19 heavy (non-hydrogen) atoms. The highest BCUT2D eigenvalue weighted by atomic mass is 16.3. The van der Waals surface area contributed by atoms with Gasteiger partial charge in [0.1, 0.15) is 5.69 Å². The number of hydrogen-bond acceptors (Lipinski definition) is 5. The zero-order valence-corrected chi connectivity index (χ0v) is 10.7. The van der Waals surface area contributed by atoms with Gasteiger partial charge in [0.05, 0.1) is 18.0 Å².